The fourth-order valence-corrected chi connectivity index (χ4v) is 3.40. The lowest BCUT2D eigenvalue weighted by molar-refractivity contribution is -0.111. The number of aromatic nitrogens is 2. The van der Waals surface area contributed by atoms with Crippen LogP contribution in [0.4, 0.5) is 20.6 Å². The third kappa shape index (κ3) is 5.33. The molecule has 0 saturated heterocycles. The number of imidazole rings is 1. The quantitative estimate of drug-likeness (QED) is 0.551. The minimum absolute atomic E-state index is 0.0885. The number of ether oxygens (including phenoxy) is 1. The third-order valence-electron chi connectivity index (χ3n) is 3.52. The summed E-state index contributed by atoms with van der Waals surface area (Å²) >= 11 is 7.50. The Morgan fingerprint density at radius 2 is 2.03 bits per heavy atom. The van der Waals surface area contributed by atoms with Gasteiger partial charge in [-0.2, -0.15) is 0 Å². The monoisotopic (exact) mass is 436 g/mol. The summed E-state index contributed by atoms with van der Waals surface area (Å²) in [6.45, 7) is 5.16. The topological polar surface area (TPSA) is 84.7 Å². The van der Waals surface area contributed by atoms with Gasteiger partial charge in [-0.3, -0.25) is 14.5 Å². The van der Waals surface area contributed by atoms with Gasteiger partial charge in [-0.15, -0.1) is 11.3 Å². The predicted octanol–water partition coefficient (Wildman–Crippen LogP) is 5.19. The first-order valence-corrected chi connectivity index (χ1v) is 9.78. The standard InChI is InChI=1S/C19H18ClFN4O3S/c1-19(2,3)28-18(27)23-12-5-4-11(21)10-13(12)22-15(26)7-6-14-16(20)24-17-25(14)8-9-29-17/h4-10H,1-3H3,(H,22,26)(H,23,27)/b7-6+. The van der Waals surface area contributed by atoms with Crippen LogP contribution in [0, 0.1) is 5.82 Å². The molecule has 0 bridgehead atoms. The Hall–Kier alpha value is -2.91. The van der Waals surface area contributed by atoms with Crippen LogP contribution >= 0.6 is 22.9 Å². The Morgan fingerprint density at radius 3 is 2.76 bits per heavy atom. The first-order chi connectivity index (χ1) is 13.6. The molecule has 3 aromatic rings. The number of fused-ring (bicyclic) bond motifs is 1. The van der Waals surface area contributed by atoms with Gasteiger partial charge in [-0.25, -0.2) is 14.2 Å². The smallest absolute Gasteiger partial charge is 0.412 e. The third-order valence-corrected chi connectivity index (χ3v) is 4.56. The van der Waals surface area contributed by atoms with Crippen molar-refractivity contribution < 1.29 is 18.7 Å². The van der Waals surface area contributed by atoms with E-state index in [1.165, 1.54) is 29.6 Å². The highest BCUT2D eigenvalue weighted by Crippen LogP contribution is 2.25. The summed E-state index contributed by atoms with van der Waals surface area (Å²) < 4.78 is 20.6. The van der Waals surface area contributed by atoms with E-state index in [0.29, 0.717) is 10.7 Å². The maximum Gasteiger partial charge on any atom is 0.412 e. The number of hydrogen-bond acceptors (Lipinski definition) is 5. The number of carbonyl (C=O) groups excluding carboxylic acids is 2. The Morgan fingerprint density at radius 1 is 1.28 bits per heavy atom. The van der Waals surface area contributed by atoms with E-state index in [0.717, 1.165) is 12.1 Å². The van der Waals surface area contributed by atoms with Crippen molar-refractivity contribution in [2.45, 2.75) is 26.4 Å². The van der Waals surface area contributed by atoms with E-state index in [1.807, 2.05) is 5.38 Å². The van der Waals surface area contributed by atoms with Gasteiger partial charge >= 0.3 is 6.09 Å². The molecule has 2 heterocycles. The molecule has 1 aromatic carbocycles. The number of benzene rings is 1. The Balaban J connectivity index is 1.76. The molecule has 29 heavy (non-hydrogen) atoms. The average molecular weight is 437 g/mol. The van der Waals surface area contributed by atoms with Crippen molar-refractivity contribution in [3.05, 3.63) is 52.5 Å². The molecule has 0 unspecified atom stereocenters. The number of halogens is 2. The van der Waals surface area contributed by atoms with Crippen LogP contribution in [0.25, 0.3) is 11.0 Å². The molecule has 0 aliphatic heterocycles. The van der Waals surface area contributed by atoms with Gasteiger partial charge in [0, 0.05) is 17.7 Å². The number of thiazole rings is 1. The van der Waals surface area contributed by atoms with Crippen molar-refractivity contribution in [1.29, 1.82) is 0 Å². The summed E-state index contributed by atoms with van der Waals surface area (Å²) in [5.41, 5.74) is 0.133. The van der Waals surface area contributed by atoms with Gasteiger partial charge in [0.15, 0.2) is 10.1 Å². The van der Waals surface area contributed by atoms with Crippen molar-refractivity contribution in [2.24, 2.45) is 0 Å². The molecule has 7 nitrogen and oxygen atoms in total. The molecule has 2 amide bonds. The molecule has 2 aromatic heterocycles. The molecule has 0 fully saturated rings. The van der Waals surface area contributed by atoms with E-state index in [2.05, 4.69) is 15.6 Å². The highest BCUT2D eigenvalue weighted by atomic mass is 35.5. The number of nitrogens with zero attached hydrogens (tertiary/aromatic N) is 2. The second-order valence-corrected chi connectivity index (χ2v) is 8.21. The van der Waals surface area contributed by atoms with Crippen LogP contribution < -0.4 is 10.6 Å². The van der Waals surface area contributed by atoms with Crippen LogP contribution in [-0.2, 0) is 9.53 Å². The zero-order chi connectivity index (χ0) is 21.2. The minimum atomic E-state index is -0.721. The molecular formula is C19H18ClFN4O3S. The van der Waals surface area contributed by atoms with Crippen LogP contribution in [0.3, 0.4) is 0 Å². The van der Waals surface area contributed by atoms with Crippen molar-refractivity contribution in [2.75, 3.05) is 10.6 Å². The van der Waals surface area contributed by atoms with Gasteiger partial charge in [0.1, 0.15) is 11.4 Å². The van der Waals surface area contributed by atoms with Crippen LogP contribution in [-0.4, -0.2) is 27.0 Å². The van der Waals surface area contributed by atoms with Crippen molar-refractivity contribution >= 4 is 57.3 Å². The number of rotatable bonds is 4. The van der Waals surface area contributed by atoms with E-state index in [1.54, 1.807) is 31.4 Å². The highest BCUT2D eigenvalue weighted by Gasteiger charge is 2.18. The van der Waals surface area contributed by atoms with E-state index in [4.69, 9.17) is 16.3 Å². The number of anilines is 2. The van der Waals surface area contributed by atoms with Crippen molar-refractivity contribution in [1.82, 2.24) is 9.38 Å². The molecule has 0 aliphatic carbocycles. The summed E-state index contributed by atoms with van der Waals surface area (Å²) in [5.74, 6) is -1.11. The van der Waals surface area contributed by atoms with E-state index in [9.17, 15) is 14.0 Å². The Labute approximate surface area is 175 Å². The summed E-state index contributed by atoms with van der Waals surface area (Å²) in [6, 6.07) is 3.60. The van der Waals surface area contributed by atoms with Crippen molar-refractivity contribution in [3.8, 4) is 0 Å². The molecule has 10 heteroatoms. The van der Waals surface area contributed by atoms with E-state index >= 15 is 0 Å². The molecule has 3 rings (SSSR count). The number of hydrogen-bond donors (Lipinski definition) is 2. The van der Waals surface area contributed by atoms with Crippen LogP contribution in [0.15, 0.2) is 35.9 Å². The fourth-order valence-electron chi connectivity index (χ4n) is 2.40. The van der Waals surface area contributed by atoms with Gasteiger partial charge in [-0.05, 0) is 45.0 Å². The van der Waals surface area contributed by atoms with Gasteiger partial charge in [0.2, 0.25) is 5.91 Å². The highest BCUT2D eigenvalue weighted by molar-refractivity contribution is 7.15. The largest absolute Gasteiger partial charge is 0.444 e. The molecule has 0 atom stereocenters. The van der Waals surface area contributed by atoms with Crippen LogP contribution in [0.5, 0.6) is 0 Å². The summed E-state index contributed by atoms with van der Waals surface area (Å²) in [6.07, 6.45) is 3.81. The Bertz CT molecular complexity index is 1100. The minimum Gasteiger partial charge on any atom is -0.444 e. The maximum atomic E-state index is 13.7. The average Bonchev–Trinajstić information content (AvgIpc) is 3.14. The van der Waals surface area contributed by atoms with Crippen LogP contribution in [0.1, 0.15) is 26.5 Å². The van der Waals surface area contributed by atoms with Crippen molar-refractivity contribution in [3.63, 3.8) is 0 Å². The van der Waals surface area contributed by atoms with Gasteiger partial charge in [0.25, 0.3) is 0 Å². The van der Waals surface area contributed by atoms with E-state index < -0.39 is 23.4 Å². The molecule has 0 saturated carbocycles. The number of nitrogens with one attached hydrogen (secondary N) is 2. The zero-order valence-corrected chi connectivity index (χ0v) is 17.4. The summed E-state index contributed by atoms with van der Waals surface area (Å²) in [5, 5.41) is 7.14. The maximum absolute atomic E-state index is 13.7. The molecule has 0 radical (unpaired) electrons. The molecule has 0 spiro atoms. The lowest BCUT2D eigenvalue weighted by Gasteiger charge is -2.20. The molecule has 0 aliphatic rings. The first-order valence-electron chi connectivity index (χ1n) is 8.52. The lowest BCUT2D eigenvalue weighted by atomic mass is 10.2. The van der Waals surface area contributed by atoms with Crippen LogP contribution in [0.2, 0.25) is 5.15 Å². The second-order valence-electron chi connectivity index (χ2n) is 6.98. The van der Waals surface area contributed by atoms with Gasteiger partial charge in [-0.1, -0.05) is 11.6 Å². The molecule has 152 valence electrons. The van der Waals surface area contributed by atoms with Gasteiger partial charge < -0.3 is 10.1 Å². The second kappa shape index (κ2) is 8.22. The SMILES string of the molecule is CC(C)(C)OC(=O)Nc1ccc(F)cc1NC(=O)/C=C/c1c(Cl)nc2sccn12. The zero-order valence-electron chi connectivity index (χ0n) is 15.8. The molecular weight excluding hydrogens is 419 g/mol. The van der Waals surface area contributed by atoms with E-state index in [-0.39, 0.29) is 16.5 Å². The normalized spacial score (nSPS) is 11.8. The first kappa shape index (κ1) is 20.8. The lowest BCUT2D eigenvalue weighted by Crippen LogP contribution is -2.27. The predicted molar refractivity (Wildman–Crippen MR) is 112 cm³/mol. The summed E-state index contributed by atoms with van der Waals surface area (Å²) in [4.78, 5) is 29.2. The van der Waals surface area contributed by atoms with Gasteiger partial charge in [0.05, 0.1) is 17.1 Å². The fraction of sp³-hybridized carbons (Fsp3) is 0.211. The number of amides is 2. The summed E-state index contributed by atoms with van der Waals surface area (Å²) in [7, 11) is 0. The Kier molecular flexibility index (Phi) is 5.90. The number of carbonyl (C=O) groups is 2. The molecule has 2 N–H and O–H groups in total.